The fourth-order valence-corrected chi connectivity index (χ4v) is 1.71. The number of carbonyl (C=O) groups is 1. The molecule has 1 saturated carbocycles. The zero-order valence-electron chi connectivity index (χ0n) is 9.12. The third kappa shape index (κ3) is 2.79. The fourth-order valence-electron chi connectivity index (χ4n) is 1.71. The van der Waals surface area contributed by atoms with Gasteiger partial charge in [0.25, 0.3) is 0 Å². The predicted molar refractivity (Wildman–Crippen MR) is 57.5 cm³/mol. The first kappa shape index (κ1) is 12.0. The Kier molecular flexibility index (Phi) is 3.38. The first-order valence-corrected chi connectivity index (χ1v) is 5.49. The molecule has 0 bridgehead atoms. The van der Waals surface area contributed by atoms with Gasteiger partial charge in [-0.15, -0.1) is 0 Å². The highest BCUT2D eigenvalue weighted by molar-refractivity contribution is 5.75. The van der Waals surface area contributed by atoms with E-state index in [1.54, 1.807) is 0 Å². The summed E-state index contributed by atoms with van der Waals surface area (Å²) in [5.41, 5.74) is -0.416. The summed E-state index contributed by atoms with van der Waals surface area (Å²) in [4.78, 5) is 11.0. The van der Waals surface area contributed by atoms with Crippen molar-refractivity contribution in [2.24, 2.45) is 5.92 Å². The summed E-state index contributed by atoms with van der Waals surface area (Å²) in [7, 11) is 0. The molecule has 92 valence electrons. The number of hydrogen-bond donors (Lipinski definition) is 2. The van der Waals surface area contributed by atoms with Crippen LogP contribution in [0.25, 0.3) is 0 Å². The highest BCUT2D eigenvalue weighted by atomic mass is 19.1. The molecule has 1 aliphatic carbocycles. The van der Waals surface area contributed by atoms with Gasteiger partial charge in [0, 0.05) is 0 Å². The first-order chi connectivity index (χ1) is 8.09. The number of hydrogen-bond acceptors (Lipinski definition) is 2. The van der Waals surface area contributed by atoms with Crippen LogP contribution in [0.4, 0.5) is 8.78 Å². The van der Waals surface area contributed by atoms with Gasteiger partial charge < -0.3 is 10.4 Å². The van der Waals surface area contributed by atoms with Crippen LogP contribution in [0.3, 0.4) is 0 Å². The molecule has 1 aliphatic rings. The van der Waals surface area contributed by atoms with E-state index in [1.807, 2.05) is 0 Å². The Morgan fingerprint density at radius 1 is 1.41 bits per heavy atom. The molecule has 1 fully saturated rings. The molecule has 0 amide bonds. The van der Waals surface area contributed by atoms with Crippen LogP contribution in [0.1, 0.15) is 24.4 Å². The van der Waals surface area contributed by atoms with Gasteiger partial charge in [0.05, 0.1) is 5.56 Å². The lowest BCUT2D eigenvalue weighted by Crippen LogP contribution is -2.31. The number of nitrogens with one attached hydrogen (secondary N) is 1. The van der Waals surface area contributed by atoms with Crippen molar-refractivity contribution in [1.82, 2.24) is 5.32 Å². The number of rotatable bonds is 5. The van der Waals surface area contributed by atoms with Crippen molar-refractivity contribution >= 4 is 5.97 Å². The number of aliphatic carboxylic acids is 1. The largest absolute Gasteiger partial charge is 0.480 e. The summed E-state index contributed by atoms with van der Waals surface area (Å²) in [5.74, 6) is -2.50. The van der Waals surface area contributed by atoms with Gasteiger partial charge in [-0.3, -0.25) is 4.79 Å². The Hall–Kier alpha value is -1.49. The Balaban J connectivity index is 2.21. The second-order valence-corrected chi connectivity index (χ2v) is 4.26. The van der Waals surface area contributed by atoms with Gasteiger partial charge in [0.2, 0.25) is 0 Å². The number of benzene rings is 1. The average molecular weight is 241 g/mol. The number of carboxylic acids is 1. The average Bonchev–Trinajstić information content (AvgIpc) is 3.05. The van der Waals surface area contributed by atoms with Crippen molar-refractivity contribution < 1.29 is 18.7 Å². The van der Waals surface area contributed by atoms with Crippen molar-refractivity contribution in [3.63, 3.8) is 0 Å². The Labute approximate surface area is 97.5 Å². The van der Waals surface area contributed by atoms with Crippen molar-refractivity contribution in [3.8, 4) is 0 Å². The van der Waals surface area contributed by atoms with Crippen LogP contribution >= 0.6 is 0 Å². The van der Waals surface area contributed by atoms with Crippen LogP contribution in [0, 0.1) is 17.6 Å². The SMILES string of the molecule is O=C(O)C(NCC1CC1)c1c(F)cccc1F. The molecule has 2 rings (SSSR count). The van der Waals surface area contributed by atoms with E-state index in [-0.39, 0.29) is 0 Å². The molecule has 3 nitrogen and oxygen atoms in total. The Morgan fingerprint density at radius 3 is 2.47 bits per heavy atom. The van der Waals surface area contributed by atoms with E-state index < -0.39 is 29.2 Å². The fraction of sp³-hybridized carbons (Fsp3) is 0.417. The van der Waals surface area contributed by atoms with E-state index in [4.69, 9.17) is 5.11 Å². The highest BCUT2D eigenvalue weighted by Gasteiger charge is 2.29. The maximum atomic E-state index is 13.5. The van der Waals surface area contributed by atoms with Crippen molar-refractivity contribution in [2.75, 3.05) is 6.54 Å². The summed E-state index contributed by atoms with van der Waals surface area (Å²) in [6.07, 6.45) is 2.08. The molecule has 17 heavy (non-hydrogen) atoms. The number of carboxylic acid groups (broad SMARTS) is 1. The minimum atomic E-state index is -1.32. The molecular formula is C12H13F2NO2. The molecule has 0 saturated heterocycles. The van der Waals surface area contributed by atoms with Crippen molar-refractivity contribution in [3.05, 3.63) is 35.4 Å². The first-order valence-electron chi connectivity index (χ1n) is 5.49. The van der Waals surface area contributed by atoms with Gasteiger partial charge in [0.15, 0.2) is 0 Å². The molecule has 1 unspecified atom stereocenters. The molecule has 0 heterocycles. The monoisotopic (exact) mass is 241 g/mol. The van der Waals surface area contributed by atoms with Crippen LogP contribution in [-0.2, 0) is 4.79 Å². The maximum Gasteiger partial charge on any atom is 0.325 e. The standard InChI is InChI=1S/C12H13F2NO2/c13-8-2-1-3-9(14)10(8)11(12(16)17)15-6-7-4-5-7/h1-3,7,11,15H,4-6H2,(H,16,17). The van der Waals surface area contributed by atoms with Crippen molar-refractivity contribution in [2.45, 2.75) is 18.9 Å². The topological polar surface area (TPSA) is 49.3 Å². The lowest BCUT2D eigenvalue weighted by molar-refractivity contribution is -0.139. The van der Waals surface area contributed by atoms with E-state index in [2.05, 4.69) is 5.32 Å². The summed E-state index contributed by atoms with van der Waals surface area (Å²) in [5, 5.41) is 11.7. The second-order valence-electron chi connectivity index (χ2n) is 4.26. The molecule has 0 radical (unpaired) electrons. The molecule has 0 aliphatic heterocycles. The molecule has 5 heteroatoms. The van der Waals surface area contributed by atoms with Crippen LogP contribution in [0.2, 0.25) is 0 Å². The van der Waals surface area contributed by atoms with Crippen molar-refractivity contribution in [1.29, 1.82) is 0 Å². The molecule has 0 aromatic heterocycles. The second kappa shape index (κ2) is 4.79. The van der Waals surface area contributed by atoms with Gasteiger partial charge in [0.1, 0.15) is 17.7 Å². The van der Waals surface area contributed by atoms with Gasteiger partial charge in [-0.1, -0.05) is 6.07 Å². The van der Waals surface area contributed by atoms with Gasteiger partial charge in [-0.2, -0.15) is 0 Å². The predicted octanol–water partition coefficient (Wildman–Crippen LogP) is 2.09. The van der Waals surface area contributed by atoms with Gasteiger partial charge >= 0.3 is 5.97 Å². The summed E-state index contributed by atoms with van der Waals surface area (Å²) in [6, 6.07) is 2.02. The van der Waals surface area contributed by atoms with E-state index >= 15 is 0 Å². The zero-order valence-corrected chi connectivity index (χ0v) is 9.12. The summed E-state index contributed by atoms with van der Waals surface area (Å²) < 4.78 is 26.9. The molecule has 1 atom stereocenters. The highest BCUT2D eigenvalue weighted by Crippen LogP contribution is 2.29. The Morgan fingerprint density at radius 2 is 2.00 bits per heavy atom. The smallest absolute Gasteiger partial charge is 0.325 e. The van der Waals surface area contributed by atoms with E-state index in [9.17, 15) is 13.6 Å². The Bertz CT molecular complexity index is 412. The molecular weight excluding hydrogens is 228 g/mol. The van der Waals surface area contributed by atoms with Gasteiger partial charge in [-0.05, 0) is 37.4 Å². The minimum Gasteiger partial charge on any atom is -0.480 e. The van der Waals surface area contributed by atoms with E-state index in [0.29, 0.717) is 12.5 Å². The molecule has 1 aromatic carbocycles. The summed E-state index contributed by atoms with van der Waals surface area (Å²) >= 11 is 0. The number of halogens is 2. The third-order valence-electron chi connectivity index (χ3n) is 2.84. The lowest BCUT2D eigenvalue weighted by atomic mass is 10.1. The van der Waals surface area contributed by atoms with Gasteiger partial charge in [-0.25, -0.2) is 8.78 Å². The van der Waals surface area contributed by atoms with Crippen LogP contribution in [0.5, 0.6) is 0 Å². The summed E-state index contributed by atoms with van der Waals surface area (Å²) in [6.45, 7) is 0.477. The van der Waals surface area contributed by atoms with Crippen LogP contribution < -0.4 is 5.32 Å². The van der Waals surface area contributed by atoms with Crippen LogP contribution in [0.15, 0.2) is 18.2 Å². The molecule has 1 aromatic rings. The van der Waals surface area contributed by atoms with E-state index in [0.717, 1.165) is 25.0 Å². The normalized spacial score (nSPS) is 16.8. The lowest BCUT2D eigenvalue weighted by Gasteiger charge is -2.15. The molecule has 2 N–H and O–H groups in total. The minimum absolute atomic E-state index is 0.416. The quantitative estimate of drug-likeness (QED) is 0.829. The molecule has 0 spiro atoms. The third-order valence-corrected chi connectivity index (χ3v) is 2.84. The maximum absolute atomic E-state index is 13.5. The zero-order chi connectivity index (χ0) is 12.4. The van der Waals surface area contributed by atoms with E-state index in [1.165, 1.54) is 6.07 Å². The van der Waals surface area contributed by atoms with Crippen LogP contribution in [-0.4, -0.2) is 17.6 Å².